The second-order valence-corrected chi connectivity index (χ2v) is 3.67. The molecule has 0 spiro atoms. The average molecular weight is 230 g/mol. The summed E-state index contributed by atoms with van der Waals surface area (Å²) in [6.45, 7) is 3.64. The van der Waals surface area contributed by atoms with Crippen molar-refractivity contribution in [1.82, 2.24) is 0 Å². The largest absolute Gasteiger partial charge is 0.481 e. The van der Waals surface area contributed by atoms with Gasteiger partial charge in [0.25, 0.3) is 0 Å². The summed E-state index contributed by atoms with van der Waals surface area (Å²) < 4.78 is 4.92. The number of ketones is 1. The van der Waals surface area contributed by atoms with Gasteiger partial charge in [0.2, 0.25) is 0 Å². The topological polar surface area (TPSA) is 80.7 Å². The molecule has 92 valence electrons. The maximum Gasteiger partial charge on any atom is 0.313 e. The van der Waals surface area contributed by atoms with Crippen molar-refractivity contribution >= 4 is 17.7 Å². The average Bonchev–Trinajstić information content (AvgIpc) is 2.16. The van der Waals surface area contributed by atoms with E-state index < -0.39 is 11.9 Å². The van der Waals surface area contributed by atoms with Crippen molar-refractivity contribution in [2.24, 2.45) is 0 Å². The standard InChI is InChI=1S/C11H18O5/c1-3-8(2)16-11(15)7-9(12)5-4-6-10(13)14/h8H,3-7H2,1-2H3,(H,13,14). The molecule has 0 amide bonds. The maximum absolute atomic E-state index is 11.2. The Labute approximate surface area is 94.8 Å². The van der Waals surface area contributed by atoms with Crippen molar-refractivity contribution in [2.45, 2.75) is 52.1 Å². The van der Waals surface area contributed by atoms with Crippen LogP contribution in [0.15, 0.2) is 0 Å². The molecule has 0 aliphatic heterocycles. The first-order valence-electron chi connectivity index (χ1n) is 5.38. The van der Waals surface area contributed by atoms with Crippen molar-refractivity contribution in [3.63, 3.8) is 0 Å². The van der Waals surface area contributed by atoms with Gasteiger partial charge in [0.05, 0.1) is 6.10 Å². The molecule has 1 N–H and O–H groups in total. The first-order valence-corrected chi connectivity index (χ1v) is 5.38. The van der Waals surface area contributed by atoms with Crippen LogP contribution < -0.4 is 0 Å². The molecule has 0 radical (unpaired) electrons. The van der Waals surface area contributed by atoms with Crippen LogP contribution in [0.3, 0.4) is 0 Å². The van der Waals surface area contributed by atoms with E-state index in [1.807, 2.05) is 6.92 Å². The van der Waals surface area contributed by atoms with Gasteiger partial charge in [-0.05, 0) is 19.8 Å². The molecule has 0 aromatic carbocycles. The van der Waals surface area contributed by atoms with Gasteiger partial charge in [-0.1, -0.05) is 6.92 Å². The summed E-state index contributed by atoms with van der Waals surface area (Å²) in [6.07, 6.45) is 0.598. The number of carboxylic acid groups (broad SMARTS) is 1. The van der Waals surface area contributed by atoms with Gasteiger partial charge in [0.15, 0.2) is 0 Å². The second-order valence-electron chi connectivity index (χ2n) is 3.67. The quantitative estimate of drug-likeness (QED) is 0.505. The van der Waals surface area contributed by atoms with E-state index in [0.29, 0.717) is 6.42 Å². The monoisotopic (exact) mass is 230 g/mol. The number of esters is 1. The van der Waals surface area contributed by atoms with Gasteiger partial charge in [-0.25, -0.2) is 0 Å². The molecule has 1 atom stereocenters. The predicted octanol–water partition coefficient (Wildman–Crippen LogP) is 1.54. The molecule has 5 heteroatoms. The Kier molecular flexibility index (Phi) is 7.16. The number of hydrogen-bond donors (Lipinski definition) is 1. The third-order valence-electron chi connectivity index (χ3n) is 2.10. The number of carbonyl (C=O) groups is 3. The number of carboxylic acids is 1. The van der Waals surface area contributed by atoms with Crippen LogP contribution >= 0.6 is 0 Å². The number of aliphatic carboxylic acids is 1. The van der Waals surface area contributed by atoms with Gasteiger partial charge in [0.1, 0.15) is 12.2 Å². The van der Waals surface area contributed by atoms with Crippen LogP contribution in [0, 0.1) is 0 Å². The third kappa shape index (κ3) is 7.96. The summed E-state index contributed by atoms with van der Waals surface area (Å²) in [5.41, 5.74) is 0. The molecule has 0 bridgehead atoms. The minimum atomic E-state index is -0.935. The zero-order chi connectivity index (χ0) is 12.6. The molecule has 16 heavy (non-hydrogen) atoms. The van der Waals surface area contributed by atoms with E-state index in [9.17, 15) is 14.4 Å². The van der Waals surface area contributed by atoms with Crippen LogP contribution in [0.25, 0.3) is 0 Å². The van der Waals surface area contributed by atoms with Gasteiger partial charge < -0.3 is 9.84 Å². The van der Waals surface area contributed by atoms with E-state index >= 15 is 0 Å². The number of carbonyl (C=O) groups excluding carboxylic acids is 2. The van der Waals surface area contributed by atoms with Gasteiger partial charge in [-0.3, -0.25) is 14.4 Å². The van der Waals surface area contributed by atoms with Crippen molar-refractivity contribution in [2.75, 3.05) is 0 Å². The van der Waals surface area contributed by atoms with E-state index in [1.165, 1.54) is 0 Å². The number of rotatable bonds is 8. The van der Waals surface area contributed by atoms with Crippen LogP contribution in [0.4, 0.5) is 0 Å². The van der Waals surface area contributed by atoms with E-state index in [0.717, 1.165) is 0 Å². The highest BCUT2D eigenvalue weighted by molar-refractivity contribution is 5.95. The highest BCUT2D eigenvalue weighted by Gasteiger charge is 2.13. The van der Waals surface area contributed by atoms with Gasteiger partial charge in [-0.15, -0.1) is 0 Å². The fourth-order valence-electron chi connectivity index (χ4n) is 1.04. The molecule has 0 rings (SSSR count). The summed E-state index contributed by atoms with van der Waals surface area (Å²) in [5, 5.41) is 8.36. The smallest absolute Gasteiger partial charge is 0.313 e. The van der Waals surface area contributed by atoms with Crippen LogP contribution in [-0.2, 0) is 19.1 Å². The molecule has 0 aromatic heterocycles. The lowest BCUT2D eigenvalue weighted by Gasteiger charge is -2.09. The van der Waals surface area contributed by atoms with Crippen LogP contribution in [0.1, 0.15) is 46.0 Å². The van der Waals surface area contributed by atoms with Crippen LogP contribution in [0.5, 0.6) is 0 Å². The Hall–Kier alpha value is -1.39. The first kappa shape index (κ1) is 14.6. The van der Waals surface area contributed by atoms with E-state index in [1.54, 1.807) is 6.92 Å². The zero-order valence-corrected chi connectivity index (χ0v) is 9.69. The molecule has 1 unspecified atom stereocenters. The molecule has 0 aliphatic rings. The molecule has 0 aliphatic carbocycles. The predicted molar refractivity (Wildman–Crippen MR) is 57.0 cm³/mol. The fourth-order valence-corrected chi connectivity index (χ4v) is 1.04. The van der Waals surface area contributed by atoms with Gasteiger partial charge in [-0.2, -0.15) is 0 Å². The Morgan fingerprint density at radius 1 is 1.25 bits per heavy atom. The van der Waals surface area contributed by atoms with Gasteiger partial charge >= 0.3 is 11.9 Å². The SMILES string of the molecule is CCC(C)OC(=O)CC(=O)CCCC(=O)O. The van der Waals surface area contributed by atoms with Gasteiger partial charge in [0, 0.05) is 12.8 Å². The molecule has 0 fully saturated rings. The second kappa shape index (κ2) is 7.84. The van der Waals surface area contributed by atoms with Crippen LogP contribution in [0.2, 0.25) is 0 Å². The highest BCUT2D eigenvalue weighted by Crippen LogP contribution is 2.03. The van der Waals surface area contributed by atoms with Crippen molar-refractivity contribution in [3.8, 4) is 0 Å². The molecule has 0 saturated heterocycles. The summed E-state index contributed by atoms with van der Waals surface area (Å²) in [6, 6.07) is 0. The van der Waals surface area contributed by atoms with Crippen LogP contribution in [-0.4, -0.2) is 28.9 Å². The minimum absolute atomic E-state index is 0.0495. The Morgan fingerprint density at radius 3 is 2.38 bits per heavy atom. The Balaban J connectivity index is 3.70. The molecule has 5 nitrogen and oxygen atoms in total. The molecular weight excluding hydrogens is 212 g/mol. The number of hydrogen-bond acceptors (Lipinski definition) is 4. The van der Waals surface area contributed by atoms with Crippen molar-refractivity contribution in [1.29, 1.82) is 0 Å². The fraction of sp³-hybridized carbons (Fsp3) is 0.727. The lowest BCUT2D eigenvalue weighted by Crippen LogP contribution is -2.17. The summed E-state index contributed by atoms with van der Waals surface area (Å²) >= 11 is 0. The maximum atomic E-state index is 11.2. The summed E-state index contributed by atoms with van der Waals surface area (Å²) in [4.78, 5) is 32.6. The first-order chi connectivity index (χ1) is 7.45. The van der Waals surface area contributed by atoms with Crippen molar-refractivity contribution < 1.29 is 24.2 Å². The molecular formula is C11H18O5. The number of Topliss-reactive ketones (excluding diaryl/α,β-unsaturated/α-hetero) is 1. The van der Waals surface area contributed by atoms with E-state index in [-0.39, 0.29) is 37.6 Å². The Bertz CT molecular complexity index is 259. The highest BCUT2D eigenvalue weighted by atomic mass is 16.5. The molecule has 0 heterocycles. The lowest BCUT2D eigenvalue weighted by atomic mass is 10.1. The lowest BCUT2D eigenvalue weighted by molar-refractivity contribution is -0.150. The van der Waals surface area contributed by atoms with Crippen molar-refractivity contribution in [3.05, 3.63) is 0 Å². The number of ether oxygens (including phenoxy) is 1. The Morgan fingerprint density at radius 2 is 1.88 bits per heavy atom. The normalized spacial score (nSPS) is 11.9. The van der Waals surface area contributed by atoms with E-state index in [2.05, 4.69) is 0 Å². The molecule has 0 aromatic rings. The molecule has 0 saturated carbocycles. The third-order valence-corrected chi connectivity index (χ3v) is 2.10. The van der Waals surface area contributed by atoms with E-state index in [4.69, 9.17) is 9.84 Å². The summed E-state index contributed by atoms with van der Waals surface area (Å²) in [7, 11) is 0. The summed E-state index contributed by atoms with van der Waals surface area (Å²) in [5.74, 6) is -1.74. The minimum Gasteiger partial charge on any atom is -0.481 e. The zero-order valence-electron chi connectivity index (χ0n) is 9.69.